The molecule has 0 unspecified atom stereocenters. The molecule has 6 aliphatic rings. The summed E-state index contributed by atoms with van der Waals surface area (Å²) in [5.41, 5.74) is -0.0420. The third-order valence-corrected chi connectivity index (χ3v) is 14.4. The molecule has 0 aromatic heterocycles. The van der Waals surface area contributed by atoms with E-state index in [9.17, 15) is 15.0 Å². The van der Waals surface area contributed by atoms with Crippen LogP contribution in [-0.4, -0.2) is 34.0 Å². The van der Waals surface area contributed by atoms with E-state index in [0.29, 0.717) is 17.8 Å². The van der Waals surface area contributed by atoms with Gasteiger partial charge in [-0.2, -0.15) is 0 Å². The van der Waals surface area contributed by atoms with Crippen molar-refractivity contribution < 1.29 is 19.7 Å². The summed E-state index contributed by atoms with van der Waals surface area (Å²) in [7, 11) is 0. The monoisotopic (exact) mass is 472 g/mol. The molecule has 4 nitrogen and oxygen atoms in total. The van der Waals surface area contributed by atoms with Crippen LogP contribution >= 0.6 is 0 Å². The van der Waals surface area contributed by atoms with Crippen LogP contribution in [0.3, 0.4) is 0 Å². The number of aliphatic hydroxyl groups is 1. The highest BCUT2D eigenvalue weighted by molar-refractivity contribution is 5.74. The van der Waals surface area contributed by atoms with Gasteiger partial charge in [0, 0.05) is 5.41 Å². The molecule has 2 N–H and O–H groups in total. The number of carboxylic acid groups (broad SMARTS) is 1. The van der Waals surface area contributed by atoms with Gasteiger partial charge in [-0.05, 0) is 111 Å². The third kappa shape index (κ3) is 2.42. The van der Waals surface area contributed by atoms with Crippen molar-refractivity contribution in [1.82, 2.24) is 0 Å². The molecule has 6 rings (SSSR count). The van der Waals surface area contributed by atoms with Crippen LogP contribution in [0.1, 0.15) is 113 Å². The second kappa shape index (κ2) is 6.44. The number of epoxide rings is 1. The molecule has 1 spiro atoms. The van der Waals surface area contributed by atoms with Crippen LogP contribution in [0.4, 0.5) is 0 Å². The molecule has 34 heavy (non-hydrogen) atoms. The molecule has 1 aliphatic heterocycles. The Hall–Kier alpha value is -0.610. The van der Waals surface area contributed by atoms with E-state index in [0.717, 1.165) is 38.5 Å². The number of aliphatic hydroxyl groups excluding tert-OH is 1. The molecule has 1 saturated heterocycles. The van der Waals surface area contributed by atoms with Gasteiger partial charge in [0.05, 0.1) is 17.6 Å². The molecular weight excluding hydrogens is 424 g/mol. The number of ether oxygens (including phenoxy) is 1. The Bertz CT molecular complexity index is 929. The maximum absolute atomic E-state index is 12.3. The van der Waals surface area contributed by atoms with Gasteiger partial charge in [0.15, 0.2) is 0 Å². The van der Waals surface area contributed by atoms with Crippen molar-refractivity contribution in [1.29, 1.82) is 0 Å². The molecule has 0 bridgehead atoms. The zero-order chi connectivity index (χ0) is 24.7. The van der Waals surface area contributed by atoms with E-state index in [2.05, 4.69) is 41.5 Å². The van der Waals surface area contributed by atoms with Crippen LogP contribution < -0.4 is 0 Å². The minimum atomic E-state index is -0.595. The number of carbonyl (C=O) groups is 1. The normalized spacial score (nSPS) is 61.7. The largest absolute Gasteiger partial charge is 0.481 e. The third-order valence-electron chi connectivity index (χ3n) is 14.4. The number of fused-ring (bicyclic) bond motifs is 6. The Balaban J connectivity index is 1.41. The van der Waals surface area contributed by atoms with E-state index in [4.69, 9.17) is 4.74 Å². The van der Waals surface area contributed by atoms with Crippen molar-refractivity contribution in [2.75, 3.05) is 0 Å². The van der Waals surface area contributed by atoms with Crippen molar-refractivity contribution in [3.05, 3.63) is 0 Å². The summed E-state index contributed by atoms with van der Waals surface area (Å²) in [6, 6.07) is 0. The molecule has 192 valence electrons. The summed E-state index contributed by atoms with van der Waals surface area (Å²) >= 11 is 0. The minimum Gasteiger partial charge on any atom is -0.481 e. The Morgan fingerprint density at radius 1 is 0.794 bits per heavy atom. The fourth-order valence-corrected chi connectivity index (χ4v) is 11.6. The van der Waals surface area contributed by atoms with Crippen LogP contribution in [0.25, 0.3) is 0 Å². The smallest absolute Gasteiger partial charge is 0.309 e. The van der Waals surface area contributed by atoms with Gasteiger partial charge in [0.2, 0.25) is 0 Å². The maximum Gasteiger partial charge on any atom is 0.309 e. The van der Waals surface area contributed by atoms with E-state index in [1.54, 1.807) is 0 Å². The molecular formula is C30H48O4. The van der Waals surface area contributed by atoms with Gasteiger partial charge >= 0.3 is 5.97 Å². The van der Waals surface area contributed by atoms with Crippen molar-refractivity contribution >= 4 is 5.97 Å². The molecule has 1 heterocycles. The molecule has 5 saturated carbocycles. The number of aliphatic carboxylic acids is 1. The molecule has 11 atom stereocenters. The Kier molecular flexibility index (Phi) is 4.50. The molecule has 0 radical (unpaired) electrons. The minimum absolute atomic E-state index is 0.143. The second-order valence-electron chi connectivity index (χ2n) is 15.7. The van der Waals surface area contributed by atoms with Gasteiger partial charge in [0.1, 0.15) is 5.60 Å². The summed E-state index contributed by atoms with van der Waals surface area (Å²) in [6.45, 7) is 16.7. The second-order valence-corrected chi connectivity index (χ2v) is 15.7. The molecule has 6 fully saturated rings. The average Bonchev–Trinajstić information content (AvgIpc) is 3.50. The lowest BCUT2D eigenvalue weighted by atomic mass is 9.30. The Labute approximate surface area is 206 Å². The van der Waals surface area contributed by atoms with Gasteiger partial charge < -0.3 is 14.9 Å². The Morgan fingerprint density at radius 2 is 1.41 bits per heavy atom. The predicted octanol–water partition coefficient (Wildman–Crippen LogP) is 6.44. The molecule has 0 aromatic carbocycles. The zero-order valence-electron chi connectivity index (χ0n) is 22.7. The van der Waals surface area contributed by atoms with Crippen molar-refractivity contribution in [2.24, 2.45) is 50.2 Å². The fourth-order valence-electron chi connectivity index (χ4n) is 11.6. The molecule has 5 aliphatic carbocycles. The van der Waals surface area contributed by atoms with E-state index >= 15 is 0 Å². The van der Waals surface area contributed by atoms with Gasteiger partial charge in [-0.15, -0.1) is 0 Å². The van der Waals surface area contributed by atoms with E-state index in [1.165, 1.54) is 25.7 Å². The highest BCUT2D eigenvalue weighted by Gasteiger charge is 2.81. The highest BCUT2D eigenvalue weighted by Crippen LogP contribution is 2.81. The maximum atomic E-state index is 12.3. The van der Waals surface area contributed by atoms with Gasteiger partial charge in [-0.3, -0.25) is 4.79 Å². The van der Waals surface area contributed by atoms with E-state index < -0.39 is 11.4 Å². The summed E-state index contributed by atoms with van der Waals surface area (Å²) in [5.74, 6) is 1.00. The summed E-state index contributed by atoms with van der Waals surface area (Å²) in [6.07, 6.45) is 10.7. The van der Waals surface area contributed by atoms with E-state index in [-0.39, 0.29) is 44.9 Å². The standard InChI is InChI=1S/C30H48O4/c1-24(2)21(31)9-8-18-27(5)13-15-29(7)20-17-26(4,23(32)33)11-10-25(20,3)12-14-28(29,6)19(27)16-22-30(18,24)34-22/h18-22,31H,8-17H2,1-7H3,(H,32,33)/t18-,19+,20-,21-,22-,25+,26+,27-,28+,29-,30+/m0/s1. The fraction of sp³-hybridized carbons (Fsp3) is 0.967. The number of hydrogen-bond donors (Lipinski definition) is 2. The van der Waals surface area contributed by atoms with Crippen LogP contribution in [0.5, 0.6) is 0 Å². The summed E-state index contributed by atoms with van der Waals surface area (Å²) < 4.78 is 6.72. The van der Waals surface area contributed by atoms with Crippen molar-refractivity contribution in [3.63, 3.8) is 0 Å². The number of hydrogen-bond acceptors (Lipinski definition) is 3. The lowest BCUT2D eigenvalue weighted by Gasteiger charge is -2.73. The number of rotatable bonds is 1. The zero-order valence-corrected chi connectivity index (χ0v) is 22.7. The van der Waals surface area contributed by atoms with Gasteiger partial charge in [-0.25, -0.2) is 0 Å². The molecule has 0 amide bonds. The topological polar surface area (TPSA) is 70.1 Å². The van der Waals surface area contributed by atoms with Crippen LogP contribution in [-0.2, 0) is 9.53 Å². The lowest BCUT2D eigenvalue weighted by molar-refractivity contribution is -0.249. The van der Waals surface area contributed by atoms with E-state index in [1.807, 2.05) is 6.92 Å². The first-order valence-electron chi connectivity index (χ1n) is 14.2. The lowest BCUT2D eigenvalue weighted by Crippen LogP contribution is -2.69. The first kappa shape index (κ1) is 23.8. The Morgan fingerprint density at radius 3 is 2.09 bits per heavy atom. The summed E-state index contributed by atoms with van der Waals surface area (Å²) in [4.78, 5) is 12.3. The summed E-state index contributed by atoms with van der Waals surface area (Å²) in [5, 5.41) is 21.1. The predicted molar refractivity (Wildman–Crippen MR) is 132 cm³/mol. The van der Waals surface area contributed by atoms with Gasteiger partial charge in [0.25, 0.3) is 0 Å². The van der Waals surface area contributed by atoms with Crippen molar-refractivity contribution in [2.45, 2.75) is 130 Å². The van der Waals surface area contributed by atoms with Crippen LogP contribution in [0.2, 0.25) is 0 Å². The highest BCUT2D eigenvalue weighted by atomic mass is 16.6. The quantitative estimate of drug-likeness (QED) is 0.431. The van der Waals surface area contributed by atoms with Gasteiger partial charge in [-0.1, -0.05) is 41.5 Å². The average molecular weight is 473 g/mol. The first-order valence-corrected chi connectivity index (χ1v) is 14.2. The van der Waals surface area contributed by atoms with Crippen LogP contribution in [0.15, 0.2) is 0 Å². The molecule has 0 aromatic rings. The molecule has 4 heteroatoms. The van der Waals surface area contributed by atoms with Crippen molar-refractivity contribution in [3.8, 4) is 0 Å². The first-order chi connectivity index (χ1) is 15.6. The van der Waals surface area contributed by atoms with Crippen LogP contribution in [0, 0.1) is 50.2 Å². The SMILES string of the molecule is CC1(C)[C@@H](O)CC[C@H]2[C@]3(C)CC[C@@]4(C)[C@H]5C[C@](C)(C(=O)O)CC[C@]5(C)CC[C@]4(C)[C@@H]3C[C@@H]3O[C@@]321. The number of carboxylic acids is 1.